The lowest BCUT2D eigenvalue weighted by Crippen LogP contribution is -2.38. The van der Waals surface area contributed by atoms with Gasteiger partial charge in [-0.1, -0.05) is 13.0 Å². The van der Waals surface area contributed by atoms with Crippen molar-refractivity contribution in [3.63, 3.8) is 0 Å². The molecule has 0 atom stereocenters. The molecule has 0 aliphatic carbocycles. The Morgan fingerprint density at radius 3 is 2.55 bits per heavy atom. The SMILES string of the molecule is CCCN=C(NCC)NCCc1ccc(F)cc1F.I. The molecule has 0 heterocycles. The van der Waals surface area contributed by atoms with E-state index in [1.807, 2.05) is 6.92 Å². The Morgan fingerprint density at radius 1 is 1.20 bits per heavy atom. The third kappa shape index (κ3) is 7.02. The van der Waals surface area contributed by atoms with Gasteiger partial charge in [0.2, 0.25) is 0 Å². The molecule has 0 fully saturated rings. The molecule has 0 spiro atoms. The Kier molecular flexibility index (Phi) is 10.3. The molecule has 0 aliphatic heterocycles. The van der Waals surface area contributed by atoms with Crippen LogP contribution in [-0.4, -0.2) is 25.6 Å². The molecule has 1 rings (SSSR count). The highest BCUT2D eigenvalue weighted by Gasteiger charge is 2.04. The largest absolute Gasteiger partial charge is 0.357 e. The van der Waals surface area contributed by atoms with Crippen LogP contribution < -0.4 is 10.6 Å². The third-order valence-electron chi connectivity index (χ3n) is 2.54. The maximum Gasteiger partial charge on any atom is 0.191 e. The number of nitrogens with one attached hydrogen (secondary N) is 2. The molecule has 0 saturated carbocycles. The second-order valence-electron chi connectivity index (χ2n) is 4.17. The molecule has 0 amide bonds. The molecule has 0 bridgehead atoms. The van der Waals surface area contributed by atoms with E-state index in [9.17, 15) is 8.78 Å². The summed E-state index contributed by atoms with van der Waals surface area (Å²) in [5.74, 6) is -0.323. The van der Waals surface area contributed by atoms with E-state index in [0.717, 1.165) is 31.5 Å². The molecule has 1 aromatic rings. The average molecular weight is 397 g/mol. The summed E-state index contributed by atoms with van der Waals surface area (Å²) >= 11 is 0. The van der Waals surface area contributed by atoms with Gasteiger partial charge in [-0.05, 0) is 31.4 Å². The first-order valence-electron chi connectivity index (χ1n) is 6.63. The zero-order valence-corrected chi connectivity index (χ0v) is 14.2. The normalized spacial score (nSPS) is 10.9. The summed E-state index contributed by atoms with van der Waals surface area (Å²) in [5.41, 5.74) is 0.500. The number of halogens is 3. The molecule has 0 unspecified atom stereocenters. The monoisotopic (exact) mass is 397 g/mol. The summed E-state index contributed by atoms with van der Waals surface area (Å²) in [6, 6.07) is 3.66. The van der Waals surface area contributed by atoms with Crippen molar-refractivity contribution in [3.05, 3.63) is 35.4 Å². The van der Waals surface area contributed by atoms with Crippen LogP contribution in [0, 0.1) is 11.6 Å². The summed E-state index contributed by atoms with van der Waals surface area (Å²) in [6.45, 7) is 6.13. The van der Waals surface area contributed by atoms with Gasteiger partial charge in [0.25, 0.3) is 0 Å². The summed E-state index contributed by atoms with van der Waals surface area (Å²) < 4.78 is 26.2. The van der Waals surface area contributed by atoms with Crippen LogP contribution >= 0.6 is 24.0 Å². The van der Waals surface area contributed by atoms with Crippen LogP contribution in [0.5, 0.6) is 0 Å². The van der Waals surface area contributed by atoms with Crippen molar-refractivity contribution < 1.29 is 8.78 Å². The van der Waals surface area contributed by atoms with Crippen LogP contribution in [-0.2, 0) is 6.42 Å². The van der Waals surface area contributed by atoms with Crippen molar-refractivity contribution in [2.45, 2.75) is 26.7 Å². The van der Waals surface area contributed by atoms with Gasteiger partial charge in [0.1, 0.15) is 11.6 Å². The van der Waals surface area contributed by atoms with Gasteiger partial charge in [-0.15, -0.1) is 24.0 Å². The molecule has 20 heavy (non-hydrogen) atoms. The Morgan fingerprint density at radius 2 is 1.95 bits per heavy atom. The number of benzene rings is 1. The second-order valence-corrected chi connectivity index (χ2v) is 4.17. The van der Waals surface area contributed by atoms with Gasteiger partial charge in [-0.25, -0.2) is 8.78 Å². The maximum atomic E-state index is 13.4. The van der Waals surface area contributed by atoms with E-state index in [0.29, 0.717) is 18.5 Å². The number of aliphatic imine (C=N–C) groups is 1. The lowest BCUT2D eigenvalue weighted by molar-refractivity contribution is 0.570. The minimum Gasteiger partial charge on any atom is -0.357 e. The van der Waals surface area contributed by atoms with Gasteiger partial charge < -0.3 is 10.6 Å². The number of guanidine groups is 1. The predicted molar refractivity (Wildman–Crippen MR) is 89.7 cm³/mol. The fraction of sp³-hybridized carbons (Fsp3) is 0.500. The second kappa shape index (κ2) is 10.8. The molecule has 1 aromatic carbocycles. The summed E-state index contributed by atoms with van der Waals surface area (Å²) in [4.78, 5) is 4.34. The fourth-order valence-corrected chi connectivity index (χ4v) is 1.61. The maximum absolute atomic E-state index is 13.4. The zero-order valence-electron chi connectivity index (χ0n) is 11.9. The summed E-state index contributed by atoms with van der Waals surface area (Å²) in [7, 11) is 0. The first kappa shape index (κ1) is 19.1. The summed E-state index contributed by atoms with van der Waals surface area (Å²) in [5, 5.41) is 6.24. The van der Waals surface area contributed by atoms with Crippen molar-refractivity contribution in [1.82, 2.24) is 10.6 Å². The summed E-state index contributed by atoms with van der Waals surface area (Å²) in [6.07, 6.45) is 1.46. The Bertz CT molecular complexity index is 425. The van der Waals surface area contributed by atoms with Crippen LogP contribution in [0.1, 0.15) is 25.8 Å². The van der Waals surface area contributed by atoms with Crippen LogP contribution in [0.2, 0.25) is 0 Å². The highest BCUT2D eigenvalue weighted by molar-refractivity contribution is 14.0. The van der Waals surface area contributed by atoms with Crippen LogP contribution in [0.4, 0.5) is 8.78 Å². The van der Waals surface area contributed by atoms with Gasteiger partial charge in [-0.2, -0.15) is 0 Å². The van der Waals surface area contributed by atoms with Crippen molar-refractivity contribution >= 4 is 29.9 Å². The van der Waals surface area contributed by atoms with Crippen molar-refractivity contribution in [1.29, 1.82) is 0 Å². The zero-order chi connectivity index (χ0) is 14.1. The van der Waals surface area contributed by atoms with Crippen LogP contribution in [0.25, 0.3) is 0 Å². The molecule has 6 heteroatoms. The number of rotatable bonds is 6. The van der Waals surface area contributed by atoms with Gasteiger partial charge in [-0.3, -0.25) is 4.99 Å². The van der Waals surface area contributed by atoms with Crippen molar-refractivity contribution in [2.75, 3.05) is 19.6 Å². The molecule has 3 nitrogen and oxygen atoms in total. The van der Waals surface area contributed by atoms with Gasteiger partial charge in [0.15, 0.2) is 5.96 Å². The number of hydrogen-bond acceptors (Lipinski definition) is 1. The Balaban J connectivity index is 0.00000361. The lowest BCUT2D eigenvalue weighted by Gasteiger charge is -2.11. The van der Waals surface area contributed by atoms with Crippen molar-refractivity contribution in [3.8, 4) is 0 Å². The first-order chi connectivity index (χ1) is 9.17. The van der Waals surface area contributed by atoms with Gasteiger partial charge in [0, 0.05) is 25.7 Å². The van der Waals surface area contributed by atoms with Gasteiger partial charge >= 0.3 is 0 Å². The minimum atomic E-state index is -0.549. The molecule has 114 valence electrons. The van der Waals surface area contributed by atoms with E-state index in [4.69, 9.17) is 0 Å². The molecule has 2 N–H and O–H groups in total. The highest BCUT2D eigenvalue weighted by atomic mass is 127. The van der Waals surface area contributed by atoms with E-state index in [1.165, 1.54) is 12.1 Å². The predicted octanol–water partition coefficient (Wildman–Crippen LogP) is 3.09. The van der Waals surface area contributed by atoms with Crippen LogP contribution in [0.15, 0.2) is 23.2 Å². The highest BCUT2D eigenvalue weighted by Crippen LogP contribution is 2.09. The molecular weight excluding hydrogens is 375 g/mol. The molecule has 0 radical (unpaired) electrons. The van der Waals surface area contributed by atoms with E-state index in [-0.39, 0.29) is 24.0 Å². The van der Waals surface area contributed by atoms with E-state index in [2.05, 4.69) is 22.5 Å². The number of nitrogens with zero attached hydrogens (tertiary/aromatic N) is 1. The smallest absolute Gasteiger partial charge is 0.191 e. The standard InChI is InChI=1S/C14H21F2N3.HI/c1-3-8-18-14(17-4-2)19-9-7-11-5-6-12(15)10-13(11)16;/h5-6,10H,3-4,7-9H2,1-2H3,(H2,17,18,19);1H. The molecule has 0 aliphatic rings. The Hall–Kier alpha value is -0.920. The van der Waals surface area contributed by atoms with Crippen LogP contribution in [0.3, 0.4) is 0 Å². The molecule has 0 saturated heterocycles. The molecule has 0 aromatic heterocycles. The quantitative estimate of drug-likeness (QED) is 0.440. The van der Waals surface area contributed by atoms with E-state index < -0.39 is 11.6 Å². The minimum absolute atomic E-state index is 0. The fourth-order valence-electron chi connectivity index (χ4n) is 1.61. The topological polar surface area (TPSA) is 36.4 Å². The van der Waals surface area contributed by atoms with Gasteiger partial charge in [0.05, 0.1) is 0 Å². The lowest BCUT2D eigenvalue weighted by atomic mass is 10.1. The number of hydrogen-bond donors (Lipinski definition) is 2. The average Bonchev–Trinajstić information content (AvgIpc) is 2.38. The third-order valence-corrected chi connectivity index (χ3v) is 2.54. The Labute approximate surface area is 136 Å². The first-order valence-corrected chi connectivity index (χ1v) is 6.63. The van der Waals surface area contributed by atoms with E-state index >= 15 is 0 Å². The molecular formula is C14H22F2IN3. The van der Waals surface area contributed by atoms with E-state index in [1.54, 1.807) is 0 Å². The van der Waals surface area contributed by atoms with Crippen molar-refractivity contribution in [2.24, 2.45) is 4.99 Å².